The van der Waals surface area contributed by atoms with Crippen molar-refractivity contribution in [3.8, 4) is 0 Å². The minimum atomic E-state index is 0.311. The summed E-state index contributed by atoms with van der Waals surface area (Å²) < 4.78 is 0. The van der Waals surface area contributed by atoms with Crippen molar-refractivity contribution in [3.63, 3.8) is 0 Å². The van der Waals surface area contributed by atoms with Crippen molar-refractivity contribution in [2.45, 2.75) is 61.3 Å². The van der Waals surface area contributed by atoms with Gasteiger partial charge in [-0.05, 0) is 76.1 Å². The van der Waals surface area contributed by atoms with Gasteiger partial charge in [0.2, 0.25) is 0 Å². The highest BCUT2D eigenvalue weighted by Crippen LogP contribution is 2.42. The van der Waals surface area contributed by atoms with E-state index in [-0.39, 0.29) is 0 Å². The molecule has 1 aliphatic carbocycles. The van der Waals surface area contributed by atoms with Crippen molar-refractivity contribution in [1.29, 1.82) is 0 Å². The first kappa shape index (κ1) is 19.8. The van der Waals surface area contributed by atoms with Crippen molar-refractivity contribution in [2.75, 3.05) is 0 Å². The van der Waals surface area contributed by atoms with Gasteiger partial charge in [0.25, 0.3) is 0 Å². The molecule has 0 fully saturated rings. The summed E-state index contributed by atoms with van der Waals surface area (Å²) in [6.45, 7) is 20.4. The molecule has 0 bridgehead atoms. The third-order valence-corrected chi connectivity index (χ3v) is 5.32. The number of benzene rings is 1. The second kappa shape index (κ2) is 7.36. The molecule has 0 saturated heterocycles. The Balaban J connectivity index is 2.50. The predicted molar refractivity (Wildman–Crippen MR) is 115 cm³/mol. The zero-order valence-electron chi connectivity index (χ0n) is 17.3. The largest absolute Gasteiger partial charge is 0.0984 e. The molecule has 2 rings (SSSR count). The van der Waals surface area contributed by atoms with Gasteiger partial charge in [0.15, 0.2) is 0 Å². The Labute approximate surface area is 155 Å². The van der Waals surface area contributed by atoms with Crippen LogP contribution in [0.5, 0.6) is 0 Å². The van der Waals surface area contributed by atoms with E-state index in [0.717, 1.165) is 6.42 Å². The lowest BCUT2D eigenvalue weighted by Crippen LogP contribution is -2.36. The van der Waals surface area contributed by atoms with E-state index in [1.807, 2.05) is 6.08 Å². The summed E-state index contributed by atoms with van der Waals surface area (Å²) >= 11 is 0. The number of allylic oxidation sites excluding steroid dienone is 1. The van der Waals surface area contributed by atoms with Crippen molar-refractivity contribution in [3.05, 3.63) is 46.4 Å². The fraction of sp³-hybridized carbons (Fsp3) is 0.520. The van der Waals surface area contributed by atoms with Crippen molar-refractivity contribution in [2.24, 2.45) is 22.7 Å². The van der Waals surface area contributed by atoms with E-state index in [1.165, 1.54) is 28.0 Å². The lowest BCUT2D eigenvalue weighted by molar-refractivity contribution is 0.131. The highest BCUT2D eigenvalue weighted by molar-refractivity contribution is 5.65. The molecule has 136 valence electrons. The molecule has 1 aromatic carbocycles. The minimum Gasteiger partial charge on any atom is -0.0984 e. The third kappa shape index (κ3) is 4.97. The Hall–Kier alpha value is -1.56. The summed E-state index contributed by atoms with van der Waals surface area (Å²) in [6.07, 6.45) is 13.6. The predicted octanol–water partition coefficient (Wildman–Crippen LogP) is 6.04. The lowest BCUT2D eigenvalue weighted by Gasteiger charge is -2.40. The average Bonchev–Trinajstić information content (AvgIpc) is 2.50. The molecule has 25 heavy (non-hydrogen) atoms. The van der Waals surface area contributed by atoms with Crippen LogP contribution in [0.2, 0.25) is 0 Å². The van der Waals surface area contributed by atoms with Crippen LogP contribution in [0.15, 0.2) is 24.8 Å². The van der Waals surface area contributed by atoms with Crippen molar-refractivity contribution < 1.29 is 0 Å². The molecule has 0 heteroatoms. The standard InChI is InChI=1S/C25H36/c1-9-11-19-15-20-12-13-21(16-22(20)14-18(19)10-2)23(25(6,7)8)17-24(3,4)5/h9-12,14-16,21,23H,2,13,17H2,1,3-8H3. The van der Waals surface area contributed by atoms with E-state index in [4.69, 9.17) is 0 Å². The number of rotatable bonds is 4. The van der Waals surface area contributed by atoms with Gasteiger partial charge in [-0.1, -0.05) is 78.5 Å². The van der Waals surface area contributed by atoms with Crippen molar-refractivity contribution >= 4 is 24.3 Å². The minimum absolute atomic E-state index is 0.311. The second-order valence-corrected chi connectivity index (χ2v) is 9.82. The molecular weight excluding hydrogens is 300 g/mol. The Bertz CT molecular complexity index is 760. The zero-order valence-corrected chi connectivity index (χ0v) is 17.3. The smallest absolute Gasteiger partial charge is 0.0156 e. The number of hydrogen-bond donors (Lipinski definition) is 0. The number of fused-ring (bicyclic) bond motifs is 1. The molecule has 0 amide bonds. The summed E-state index contributed by atoms with van der Waals surface area (Å²) in [5.74, 6) is 1.29. The summed E-state index contributed by atoms with van der Waals surface area (Å²) in [7, 11) is 0. The average molecular weight is 337 g/mol. The summed E-state index contributed by atoms with van der Waals surface area (Å²) in [4.78, 5) is 0. The van der Waals surface area contributed by atoms with Crippen LogP contribution in [0.3, 0.4) is 0 Å². The van der Waals surface area contributed by atoms with Crippen LogP contribution in [0, 0.1) is 22.7 Å². The highest BCUT2D eigenvalue weighted by Gasteiger charge is 2.34. The molecule has 0 N–H and O–H groups in total. The van der Waals surface area contributed by atoms with E-state index >= 15 is 0 Å². The Morgan fingerprint density at radius 2 is 1.72 bits per heavy atom. The maximum absolute atomic E-state index is 4.01. The molecular formula is C25H36. The van der Waals surface area contributed by atoms with Crippen molar-refractivity contribution in [1.82, 2.24) is 0 Å². The molecule has 0 saturated carbocycles. The fourth-order valence-corrected chi connectivity index (χ4v) is 4.09. The van der Waals surface area contributed by atoms with Gasteiger partial charge < -0.3 is 0 Å². The Morgan fingerprint density at radius 1 is 1.08 bits per heavy atom. The molecule has 0 aromatic heterocycles. The first-order valence-corrected chi connectivity index (χ1v) is 9.66. The topological polar surface area (TPSA) is 0 Å². The van der Waals surface area contributed by atoms with Crippen LogP contribution >= 0.6 is 0 Å². The fourth-order valence-electron chi connectivity index (χ4n) is 4.09. The van der Waals surface area contributed by atoms with Crippen LogP contribution in [-0.4, -0.2) is 0 Å². The lowest BCUT2D eigenvalue weighted by atomic mass is 9.65. The van der Waals surface area contributed by atoms with Gasteiger partial charge in [0, 0.05) is 0 Å². The van der Waals surface area contributed by atoms with Gasteiger partial charge in [0.05, 0.1) is 0 Å². The van der Waals surface area contributed by atoms with Crippen LogP contribution in [0.25, 0.3) is 24.3 Å². The van der Waals surface area contributed by atoms with Gasteiger partial charge in [-0.3, -0.25) is 0 Å². The molecule has 0 radical (unpaired) electrons. The molecule has 2 unspecified atom stereocenters. The molecule has 2 atom stereocenters. The van der Waals surface area contributed by atoms with E-state index in [9.17, 15) is 0 Å². The van der Waals surface area contributed by atoms with Gasteiger partial charge >= 0.3 is 0 Å². The van der Waals surface area contributed by atoms with E-state index in [0.29, 0.717) is 22.7 Å². The second-order valence-electron chi connectivity index (χ2n) is 9.82. The number of hydrogen-bond acceptors (Lipinski definition) is 0. The van der Waals surface area contributed by atoms with E-state index < -0.39 is 0 Å². The van der Waals surface area contributed by atoms with E-state index in [1.54, 1.807) is 0 Å². The summed E-state index contributed by atoms with van der Waals surface area (Å²) in [5, 5.41) is 2.75. The Morgan fingerprint density at radius 3 is 2.24 bits per heavy atom. The summed E-state index contributed by atoms with van der Waals surface area (Å²) in [6, 6.07) is 4.63. The van der Waals surface area contributed by atoms with Gasteiger partial charge in [-0.25, -0.2) is 0 Å². The summed E-state index contributed by atoms with van der Waals surface area (Å²) in [5.41, 5.74) is 3.16. The zero-order chi connectivity index (χ0) is 18.8. The first-order valence-electron chi connectivity index (χ1n) is 9.66. The van der Waals surface area contributed by atoms with E-state index in [2.05, 4.69) is 91.5 Å². The van der Waals surface area contributed by atoms with Gasteiger partial charge in [-0.15, -0.1) is 0 Å². The van der Waals surface area contributed by atoms with Gasteiger partial charge in [0.1, 0.15) is 0 Å². The molecule has 1 aromatic rings. The first-order chi connectivity index (χ1) is 11.5. The van der Waals surface area contributed by atoms with Crippen LogP contribution in [0.1, 0.15) is 72.4 Å². The normalized spacial score (nSPS) is 19.1. The molecule has 0 spiro atoms. The maximum Gasteiger partial charge on any atom is -0.0156 e. The van der Waals surface area contributed by atoms with Crippen LogP contribution < -0.4 is 10.4 Å². The highest BCUT2D eigenvalue weighted by atomic mass is 14.4. The molecule has 0 heterocycles. The Kier molecular flexibility index (Phi) is 5.82. The molecule has 0 nitrogen and oxygen atoms in total. The monoisotopic (exact) mass is 336 g/mol. The third-order valence-electron chi connectivity index (χ3n) is 5.32. The van der Waals surface area contributed by atoms with Crippen LogP contribution in [-0.2, 0) is 0 Å². The van der Waals surface area contributed by atoms with Gasteiger partial charge in [-0.2, -0.15) is 0 Å². The van der Waals surface area contributed by atoms with Crippen LogP contribution in [0.4, 0.5) is 0 Å². The maximum atomic E-state index is 4.01. The SMILES string of the molecule is C=Cc1cc2c(cc1C=CC)=CCC(C(CC(C)(C)C)C(C)(C)C)C=2. The molecule has 0 aliphatic heterocycles. The quantitative estimate of drug-likeness (QED) is 0.628. The molecule has 1 aliphatic rings.